The van der Waals surface area contributed by atoms with Crippen LogP contribution in [0.5, 0.6) is 5.75 Å². The number of amides is 4. The number of hydrogen-bond acceptors (Lipinski definition) is 7. The van der Waals surface area contributed by atoms with Gasteiger partial charge in [0.2, 0.25) is 0 Å². The molecular formula is C26H24N6O4S. The number of piperidine rings is 1. The van der Waals surface area contributed by atoms with Gasteiger partial charge < -0.3 is 20.3 Å². The number of rotatable bonds is 5. The highest BCUT2D eigenvalue weighted by Gasteiger charge is 2.34. The lowest BCUT2D eigenvalue weighted by Crippen LogP contribution is -2.49. The molecule has 0 radical (unpaired) electrons. The summed E-state index contributed by atoms with van der Waals surface area (Å²) in [5.74, 6) is -0.0844. The van der Waals surface area contributed by atoms with Crippen molar-refractivity contribution in [1.29, 1.82) is 5.26 Å². The van der Waals surface area contributed by atoms with Crippen LogP contribution in [0, 0.1) is 18.3 Å². The SMILES string of the molecule is C=C(C#N)C(=O)N1CCC[C@@H](NC(=O)c2sc3nccc4c3c2NC(=O)N4c2ccc(OC)cc2C)C1. The number of thiophene rings is 1. The number of ether oxygens (including phenoxy) is 1. The normalized spacial score (nSPS) is 16.7. The van der Waals surface area contributed by atoms with Gasteiger partial charge in [0, 0.05) is 25.3 Å². The number of carbonyl (C=O) groups is 3. The number of nitriles is 1. The summed E-state index contributed by atoms with van der Waals surface area (Å²) in [6.45, 7) is 6.18. The minimum absolute atomic E-state index is 0.126. The molecule has 0 saturated carbocycles. The predicted molar refractivity (Wildman–Crippen MR) is 140 cm³/mol. The largest absolute Gasteiger partial charge is 0.497 e. The zero-order chi connectivity index (χ0) is 26.3. The van der Waals surface area contributed by atoms with Crippen LogP contribution in [0.3, 0.4) is 0 Å². The van der Waals surface area contributed by atoms with Crippen LogP contribution in [0.2, 0.25) is 0 Å². The van der Waals surface area contributed by atoms with Gasteiger partial charge in [-0.25, -0.2) is 9.78 Å². The van der Waals surface area contributed by atoms with Crippen molar-refractivity contribution in [3.05, 3.63) is 53.1 Å². The quantitative estimate of drug-likeness (QED) is 0.388. The summed E-state index contributed by atoms with van der Waals surface area (Å²) in [7, 11) is 1.59. The number of urea groups is 1. The maximum atomic E-state index is 13.4. The van der Waals surface area contributed by atoms with E-state index in [9.17, 15) is 14.4 Å². The van der Waals surface area contributed by atoms with E-state index in [1.807, 2.05) is 19.1 Å². The van der Waals surface area contributed by atoms with E-state index in [2.05, 4.69) is 22.2 Å². The summed E-state index contributed by atoms with van der Waals surface area (Å²) in [5.41, 5.74) is 2.48. The van der Waals surface area contributed by atoms with E-state index in [4.69, 9.17) is 10.00 Å². The maximum absolute atomic E-state index is 13.4. The first-order valence-electron chi connectivity index (χ1n) is 11.7. The number of benzene rings is 1. The lowest BCUT2D eigenvalue weighted by molar-refractivity contribution is -0.127. The van der Waals surface area contributed by atoms with Gasteiger partial charge in [0.05, 0.1) is 29.6 Å². The predicted octanol–water partition coefficient (Wildman–Crippen LogP) is 4.10. The Kier molecular flexibility index (Phi) is 6.27. The smallest absolute Gasteiger partial charge is 0.331 e. The van der Waals surface area contributed by atoms with Crippen molar-refractivity contribution in [1.82, 2.24) is 15.2 Å². The molecule has 0 unspecified atom stereocenters. The third kappa shape index (κ3) is 4.25. The number of methoxy groups -OCH3 is 1. The van der Waals surface area contributed by atoms with Crippen LogP contribution in [-0.2, 0) is 4.79 Å². The Labute approximate surface area is 217 Å². The molecule has 10 nitrogen and oxygen atoms in total. The second-order valence-corrected chi connectivity index (χ2v) is 9.89. The first-order chi connectivity index (χ1) is 17.8. The minimum atomic E-state index is -0.423. The second kappa shape index (κ2) is 9.55. The molecular weight excluding hydrogens is 492 g/mol. The molecule has 1 saturated heterocycles. The molecule has 1 atom stereocenters. The van der Waals surface area contributed by atoms with Crippen LogP contribution in [0.25, 0.3) is 10.2 Å². The zero-order valence-electron chi connectivity index (χ0n) is 20.3. The first kappa shape index (κ1) is 24.3. The average Bonchev–Trinajstić information content (AvgIpc) is 3.28. The number of pyridine rings is 1. The van der Waals surface area contributed by atoms with E-state index in [-0.39, 0.29) is 30.1 Å². The van der Waals surface area contributed by atoms with Crippen LogP contribution in [0.1, 0.15) is 28.1 Å². The molecule has 0 aliphatic carbocycles. The van der Waals surface area contributed by atoms with Gasteiger partial charge in [-0.1, -0.05) is 6.58 Å². The number of aryl methyl sites for hydroxylation is 1. The molecule has 2 N–H and O–H groups in total. The van der Waals surface area contributed by atoms with Crippen LogP contribution < -0.4 is 20.3 Å². The number of hydrogen-bond donors (Lipinski definition) is 2. The Morgan fingerprint density at radius 1 is 1.32 bits per heavy atom. The lowest BCUT2D eigenvalue weighted by atomic mass is 10.0. The van der Waals surface area contributed by atoms with Gasteiger partial charge in [-0.2, -0.15) is 5.26 Å². The molecule has 11 heteroatoms. The molecule has 4 amide bonds. The number of carbonyl (C=O) groups excluding carboxylic acids is 3. The van der Waals surface area contributed by atoms with Gasteiger partial charge in [0.25, 0.3) is 11.8 Å². The number of nitrogens with zero attached hydrogens (tertiary/aromatic N) is 4. The maximum Gasteiger partial charge on any atom is 0.331 e. The van der Waals surface area contributed by atoms with Gasteiger partial charge >= 0.3 is 6.03 Å². The summed E-state index contributed by atoms with van der Waals surface area (Å²) in [6, 6.07) is 8.34. The molecule has 0 spiro atoms. The molecule has 2 aromatic heterocycles. The lowest BCUT2D eigenvalue weighted by Gasteiger charge is -2.33. The van der Waals surface area contributed by atoms with Crippen molar-refractivity contribution >= 4 is 56.5 Å². The standard InChI is InChI=1S/C26H24N6O4S/c1-14-11-17(36-3)6-7-18(14)32-19-8-9-28-24-20(19)21(30-26(32)35)22(37-24)23(33)29-16-5-4-10-31(13-16)25(34)15(2)12-27/h6-9,11,16H,2,4-5,10,13H2,1,3H3,(H,29,33)(H,30,35)/t16-/m1/s1. The van der Waals surface area contributed by atoms with Crippen LogP contribution in [-0.4, -0.2) is 54.0 Å². The molecule has 3 aromatic rings. The molecule has 2 aliphatic heterocycles. The van der Waals surface area contributed by atoms with Crippen molar-refractivity contribution in [2.75, 3.05) is 30.4 Å². The summed E-state index contributed by atoms with van der Waals surface area (Å²) in [6.07, 6.45) is 3.00. The van der Waals surface area contributed by atoms with Crippen LogP contribution in [0.4, 0.5) is 21.9 Å². The van der Waals surface area contributed by atoms with Gasteiger partial charge in [-0.3, -0.25) is 14.5 Å². The van der Waals surface area contributed by atoms with Crippen LogP contribution >= 0.6 is 11.3 Å². The van der Waals surface area contributed by atoms with Crippen molar-refractivity contribution in [2.24, 2.45) is 0 Å². The zero-order valence-corrected chi connectivity index (χ0v) is 21.1. The fourth-order valence-corrected chi connectivity index (χ4v) is 5.78. The molecule has 4 heterocycles. The molecule has 1 aromatic carbocycles. The van der Waals surface area contributed by atoms with Crippen molar-refractivity contribution in [3.8, 4) is 11.8 Å². The minimum Gasteiger partial charge on any atom is -0.497 e. The molecule has 5 rings (SSSR count). The fraction of sp³-hybridized carbons (Fsp3) is 0.269. The Hall–Kier alpha value is -4.43. The number of anilines is 3. The Morgan fingerprint density at radius 2 is 2.14 bits per heavy atom. The highest BCUT2D eigenvalue weighted by Crippen LogP contribution is 2.46. The monoisotopic (exact) mass is 516 g/mol. The van der Waals surface area contributed by atoms with Crippen LogP contribution in [0.15, 0.2) is 42.6 Å². The van der Waals surface area contributed by atoms with Gasteiger partial charge in [-0.15, -0.1) is 11.3 Å². The van der Waals surface area contributed by atoms with Gasteiger partial charge in [0.1, 0.15) is 27.1 Å². The summed E-state index contributed by atoms with van der Waals surface area (Å²) < 4.78 is 5.30. The van der Waals surface area contributed by atoms with E-state index in [1.165, 1.54) is 16.2 Å². The molecule has 2 aliphatic rings. The summed E-state index contributed by atoms with van der Waals surface area (Å²) in [4.78, 5) is 47.6. The summed E-state index contributed by atoms with van der Waals surface area (Å²) in [5, 5.41) is 15.6. The second-order valence-electron chi connectivity index (χ2n) is 8.89. The third-order valence-electron chi connectivity index (χ3n) is 6.53. The Bertz CT molecular complexity index is 1510. The first-order valence-corrected chi connectivity index (χ1v) is 12.5. The van der Waals surface area contributed by atoms with Gasteiger partial charge in [0.15, 0.2) is 0 Å². The molecule has 37 heavy (non-hydrogen) atoms. The van der Waals surface area contributed by atoms with Crippen molar-refractivity contribution < 1.29 is 19.1 Å². The number of aromatic nitrogens is 1. The summed E-state index contributed by atoms with van der Waals surface area (Å²) >= 11 is 1.20. The van der Waals surface area contributed by atoms with E-state index < -0.39 is 5.91 Å². The molecule has 1 fully saturated rings. The highest BCUT2D eigenvalue weighted by molar-refractivity contribution is 7.21. The number of likely N-dealkylation sites (tertiary alicyclic amines) is 1. The van der Waals surface area contributed by atoms with E-state index >= 15 is 0 Å². The average molecular weight is 517 g/mol. The molecule has 188 valence electrons. The van der Waals surface area contributed by atoms with E-state index in [0.29, 0.717) is 57.3 Å². The fourth-order valence-electron chi connectivity index (χ4n) is 4.76. The highest BCUT2D eigenvalue weighted by atomic mass is 32.1. The van der Waals surface area contributed by atoms with Crippen molar-refractivity contribution in [3.63, 3.8) is 0 Å². The third-order valence-corrected chi connectivity index (χ3v) is 7.63. The topological polar surface area (TPSA) is 128 Å². The van der Waals surface area contributed by atoms with E-state index in [1.54, 1.807) is 36.4 Å². The van der Waals surface area contributed by atoms with Crippen molar-refractivity contribution in [2.45, 2.75) is 25.8 Å². The Balaban J connectivity index is 1.45. The van der Waals surface area contributed by atoms with Gasteiger partial charge in [-0.05, 0) is 49.6 Å². The number of nitrogens with one attached hydrogen (secondary N) is 2. The Morgan fingerprint density at radius 3 is 2.86 bits per heavy atom. The van der Waals surface area contributed by atoms with E-state index in [0.717, 1.165) is 5.56 Å². The molecule has 0 bridgehead atoms.